The highest BCUT2D eigenvalue weighted by Gasteiger charge is 2.27. The molecule has 0 spiro atoms. The van der Waals surface area contributed by atoms with Crippen molar-refractivity contribution in [2.75, 3.05) is 25.1 Å². The Kier molecular flexibility index (Phi) is 7.55. The summed E-state index contributed by atoms with van der Waals surface area (Å²) in [6, 6.07) is 22.3. The average molecular weight is 445 g/mol. The Morgan fingerprint density at radius 2 is 1.88 bits per heavy atom. The summed E-state index contributed by atoms with van der Waals surface area (Å²) in [5, 5.41) is 12.1. The van der Waals surface area contributed by atoms with E-state index in [1.807, 2.05) is 42.5 Å². The first-order chi connectivity index (χ1) is 16.1. The van der Waals surface area contributed by atoms with Crippen LogP contribution in [0, 0.1) is 5.92 Å². The van der Waals surface area contributed by atoms with E-state index in [1.165, 1.54) is 5.56 Å². The number of methoxy groups -OCH3 is 1. The fraction of sp³-hybridized carbons (Fsp3) is 0.370. The summed E-state index contributed by atoms with van der Waals surface area (Å²) in [4.78, 5) is 15.1. The first-order valence-corrected chi connectivity index (χ1v) is 11.7. The highest BCUT2D eigenvalue weighted by atomic mass is 16.5. The zero-order valence-corrected chi connectivity index (χ0v) is 19.4. The molecule has 2 heterocycles. The minimum atomic E-state index is -0.0269. The summed E-state index contributed by atoms with van der Waals surface area (Å²) < 4.78 is 5.22. The molecule has 1 aliphatic heterocycles. The van der Waals surface area contributed by atoms with Gasteiger partial charge >= 0.3 is 0 Å². The quantitative estimate of drug-likeness (QED) is 0.554. The molecule has 33 heavy (non-hydrogen) atoms. The van der Waals surface area contributed by atoms with E-state index in [1.54, 1.807) is 7.11 Å². The number of aryl methyl sites for hydroxylation is 1. The number of aromatic nitrogens is 2. The molecule has 1 aromatic heterocycles. The van der Waals surface area contributed by atoms with Crippen molar-refractivity contribution in [3.8, 4) is 17.0 Å². The molecule has 1 aliphatic rings. The van der Waals surface area contributed by atoms with Gasteiger partial charge in [-0.3, -0.25) is 4.79 Å². The smallest absolute Gasteiger partial charge is 0.225 e. The van der Waals surface area contributed by atoms with Gasteiger partial charge in [0.25, 0.3) is 0 Å². The molecule has 172 valence electrons. The van der Waals surface area contributed by atoms with Crippen LogP contribution in [0.1, 0.15) is 31.7 Å². The van der Waals surface area contributed by atoms with Crippen LogP contribution in [0.3, 0.4) is 0 Å². The number of rotatable bonds is 8. The van der Waals surface area contributed by atoms with Crippen molar-refractivity contribution in [1.82, 2.24) is 15.5 Å². The third-order valence-corrected chi connectivity index (χ3v) is 6.25. The molecule has 6 heteroatoms. The van der Waals surface area contributed by atoms with Crippen LogP contribution in [0.4, 0.5) is 5.82 Å². The SMILES string of the molecule is COc1ccc(-c2ccc(N3CCCC(C(=O)NC(C)CCc4ccccc4)C3)nn2)cc1. The first-order valence-electron chi connectivity index (χ1n) is 11.7. The van der Waals surface area contributed by atoms with Gasteiger partial charge < -0.3 is 15.0 Å². The second-order valence-electron chi connectivity index (χ2n) is 8.72. The van der Waals surface area contributed by atoms with E-state index < -0.39 is 0 Å². The summed E-state index contributed by atoms with van der Waals surface area (Å²) in [7, 11) is 1.65. The fourth-order valence-corrected chi connectivity index (χ4v) is 4.27. The molecule has 0 aliphatic carbocycles. The normalized spacial score (nSPS) is 16.8. The zero-order valence-electron chi connectivity index (χ0n) is 19.4. The fourth-order valence-electron chi connectivity index (χ4n) is 4.27. The van der Waals surface area contributed by atoms with Crippen LogP contribution in [-0.4, -0.2) is 42.3 Å². The number of amides is 1. The summed E-state index contributed by atoms with van der Waals surface area (Å²) in [5.74, 6) is 1.75. The predicted octanol–water partition coefficient (Wildman–Crippen LogP) is 4.51. The van der Waals surface area contributed by atoms with E-state index in [2.05, 4.69) is 51.6 Å². The molecule has 2 unspecified atom stereocenters. The van der Waals surface area contributed by atoms with Gasteiger partial charge in [-0.15, -0.1) is 10.2 Å². The Morgan fingerprint density at radius 1 is 1.09 bits per heavy atom. The van der Waals surface area contributed by atoms with Crippen molar-refractivity contribution < 1.29 is 9.53 Å². The lowest BCUT2D eigenvalue weighted by Gasteiger charge is -2.33. The van der Waals surface area contributed by atoms with Crippen LogP contribution in [0.25, 0.3) is 11.3 Å². The minimum Gasteiger partial charge on any atom is -0.497 e. The van der Waals surface area contributed by atoms with Gasteiger partial charge in [-0.2, -0.15) is 0 Å². The van der Waals surface area contributed by atoms with Gasteiger partial charge in [-0.05, 0) is 74.6 Å². The van der Waals surface area contributed by atoms with Crippen molar-refractivity contribution in [2.45, 2.75) is 38.6 Å². The van der Waals surface area contributed by atoms with E-state index in [4.69, 9.17) is 4.74 Å². The first kappa shape index (κ1) is 22.8. The molecule has 4 rings (SSSR count). The number of anilines is 1. The second kappa shape index (κ2) is 10.9. The molecule has 1 amide bonds. The van der Waals surface area contributed by atoms with Gasteiger partial charge in [0.05, 0.1) is 18.7 Å². The van der Waals surface area contributed by atoms with E-state index >= 15 is 0 Å². The Balaban J connectivity index is 1.31. The molecule has 6 nitrogen and oxygen atoms in total. The van der Waals surface area contributed by atoms with Crippen molar-refractivity contribution in [3.05, 3.63) is 72.3 Å². The van der Waals surface area contributed by atoms with Crippen LogP contribution < -0.4 is 15.0 Å². The van der Waals surface area contributed by atoms with Crippen LogP contribution in [0.2, 0.25) is 0 Å². The number of ether oxygens (including phenoxy) is 1. The second-order valence-corrected chi connectivity index (χ2v) is 8.72. The Morgan fingerprint density at radius 3 is 2.58 bits per heavy atom. The highest BCUT2D eigenvalue weighted by molar-refractivity contribution is 5.79. The summed E-state index contributed by atoms with van der Waals surface area (Å²) in [5.41, 5.74) is 3.12. The lowest BCUT2D eigenvalue weighted by Crippen LogP contribution is -2.45. The Labute approximate surface area is 196 Å². The number of nitrogens with one attached hydrogen (secondary N) is 1. The number of carbonyl (C=O) groups excluding carboxylic acids is 1. The maximum atomic E-state index is 12.9. The van der Waals surface area contributed by atoms with Crippen LogP contribution in [-0.2, 0) is 11.2 Å². The summed E-state index contributed by atoms with van der Waals surface area (Å²) >= 11 is 0. The standard InChI is InChI=1S/C27H32N4O2/c1-20(10-11-21-7-4-3-5-8-21)28-27(32)23-9-6-18-31(19-23)26-17-16-25(29-30-26)22-12-14-24(33-2)15-13-22/h3-5,7-8,12-17,20,23H,6,9-11,18-19H2,1-2H3,(H,28,32). The van der Waals surface area contributed by atoms with Gasteiger partial charge in [0.15, 0.2) is 5.82 Å². The minimum absolute atomic E-state index is 0.0269. The number of benzene rings is 2. The maximum Gasteiger partial charge on any atom is 0.225 e. The maximum absolute atomic E-state index is 12.9. The van der Waals surface area contributed by atoms with Crippen molar-refractivity contribution in [3.63, 3.8) is 0 Å². The highest BCUT2D eigenvalue weighted by Crippen LogP contribution is 2.24. The topological polar surface area (TPSA) is 67.3 Å². The largest absolute Gasteiger partial charge is 0.497 e. The molecular formula is C27H32N4O2. The van der Waals surface area contributed by atoms with Crippen LogP contribution >= 0.6 is 0 Å². The van der Waals surface area contributed by atoms with Gasteiger partial charge in [0, 0.05) is 24.7 Å². The lowest BCUT2D eigenvalue weighted by molar-refractivity contribution is -0.125. The van der Waals surface area contributed by atoms with Crippen molar-refractivity contribution in [2.24, 2.45) is 5.92 Å². The average Bonchev–Trinajstić information content (AvgIpc) is 2.88. The van der Waals surface area contributed by atoms with E-state index in [0.29, 0.717) is 6.54 Å². The molecule has 0 saturated carbocycles. The number of nitrogens with zero attached hydrogens (tertiary/aromatic N) is 3. The molecule has 0 radical (unpaired) electrons. The lowest BCUT2D eigenvalue weighted by atomic mass is 9.96. The molecule has 2 aromatic carbocycles. The molecule has 2 atom stereocenters. The Bertz CT molecular complexity index is 1020. The van der Waals surface area contributed by atoms with Gasteiger partial charge in [0.1, 0.15) is 5.75 Å². The van der Waals surface area contributed by atoms with Gasteiger partial charge in [-0.1, -0.05) is 30.3 Å². The molecule has 0 bridgehead atoms. The van der Waals surface area contributed by atoms with E-state index in [-0.39, 0.29) is 17.9 Å². The summed E-state index contributed by atoms with van der Waals surface area (Å²) in [6.45, 7) is 3.66. The van der Waals surface area contributed by atoms with Crippen molar-refractivity contribution >= 4 is 11.7 Å². The molecule has 3 aromatic rings. The zero-order chi connectivity index (χ0) is 23.0. The predicted molar refractivity (Wildman–Crippen MR) is 131 cm³/mol. The van der Waals surface area contributed by atoms with Gasteiger partial charge in [0.2, 0.25) is 5.91 Å². The molecular weight excluding hydrogens is 412 g/mol. The van der Waals surface area contributed by atoms with E-state index in [0.717, 1.165) is 55.1 Å². The van der Waals surface area contributed by atoms with Crippen LogP contribution in [0.5, 0.6) is 5.75 Å². The number of carbonyl (C=O) groups is 1. The van der Waals surface area contributed by atoms with Gasteiger partial charge in [-0.25, -0.2) is 0 Å². The third kappa shape index (κ3) is 6.09. The molecule has 1 saturated heterocycles. The molecule has 1 fully saturated rings. The van der Waals surface area contributed by atoms with Crippen molar-refractivity contribution in [1.29, 1.82) is 0 Å². The monoisotopic (exact) mass is 444 g/mol. The molecule has 1 N–H and O–H groups in total. The number of hydrogen-bond acceptors (Lipinski definition) is 5. The van der Waals surface area contributed by atoms with Crippen LogP contribution in [0.15, 0.2) is 66.7 Å². The Hall–Kier alpha value is -3.41. The third-order valence-electron chi connectivity index (χ3n) is 6.25. The number of hydrogen-bond donors (Lipinski definition) is 1. The number of piperidine rings is 1. The summed E-state index contributed by atoms with van der Waals surface area (Å²) in [6.07, 6.45) is 3.78. The van der Waals surface area contributed by atoms with E-state index in [9.17, 15) is 4.79 Å².